The van der Waals surface area contributed by atoms with Gasteiger partial charge in [-0.3, -0.25) is 4.79 Å². The molecule has 2 aromatic rings. The lowest BCUT2D eigenvalue weighted by molar-refractivity contribution is 0.0963. The van der Waals surface area contributed by atoms with Crippen molar-refractivity contribution in [2.24, 2.45) is 0 Å². The van der Waals surface area contributed by atoms with Gasteiger partial charge in [0.15, 0.2) is 5.82 Å². The molecule has 0 bridgehead atoms. The summed E-state index contributed by atoms with van der Waals surface area (Å²) in [5.41, 5.74) is 0.913. The Morgan fingerprint density at radius 2 is 2.00 bits per heavy atom. The number of aromatic hydroxyl groups is 1. The summed E-state index contributed by atoms with van der Waals surface area (Å²) >= 11 is 0. The van der Waals surface area contributed by atoms with Gasteiger partial charge in [-0.05, 0) is 12.1 Å². The molecule has 0 saturated heterocycles. The number of phenolic OH excluding ortho intramolecular Hbond substituents is 1. The second-order valence-electron chi connectivity index (χ2n) is 4.42. The lowest BCUT2D eigenvalue weighted by Crippen LogP contribution is -2.23. The first-order chi connectivity index (χ1) is 9.54. The molecule has 0 fully saturated rings. The number of nitrogens with one attached hydrogen (secondary N) is 1. The molecule has 0 aliphatic heterocycles. The molecule has 6 heteroatoms. The van der Waals surface area contributed by atoms with Crippen LogP contribution >= 0.6 is 0 Å². The average molecular weight is 272 g/mol. The number of phenols is 1. The number of rotatable bonds is 3. The number of carbonyl (C=O) groups excluding carboxylic acids is 1. The maximum absolute atomic E-state index is 11.8. The number of amides is 1. The van der Waals surface area contributed by atoms with Crippen LogP contribution in [0.1, 0.15) is 10.4 Å². The summed E-state index contributed by atoms with van der Waals surface area (Å²) in [4.78, 5) is 22.0. The molecule has 0 spiro atoms. The second-order valence-corrected chi connectivity index (χ2v) is 4.42. The van der Waals surface area contributed by atoms with Crippen LogP contribution in [0.5, 0.6) is 5.75 Å². The van der Waals surface area contributed by atoms with Gasteiger partial charge in [-0.1, -0.05) is 12.1 Å². The van der Waals surface area contributed by atoms with E-state index in [1.165, 1.54) is 6.20 Å². The van der Waals surface area contributed by atoms with E-state index >= 15 is 0 Å². The molecule has 2 rings (SSSR count). The Bertz CT molecular complexity index is 641. The quantitative estimate of drug-likeness (QED) is 0.880. The van der Waals surface area contributed by atoms with Crippen molar-refractivity contribution < 1.29 is 9.90 Å². The molecule has 1 aromatic heterocycles. The highest BCUT2D eigenvalue weighted by atomic mass is 16.3. The van der Waals surface area contributed by atoms with Crippen LogP contribution in [0, 0.1) is 0 Å². The summed E-state index contributed by atoms with van der Waals surface area (Å²) in [7, 11) is 5.14. The van der Waals surface area contributed by atoms with Gasteiger partial charge in [-0.25, -0.2) is 9.97 Å². The summed E-state index contributed by atoms with van der Waals surface area (Å²) in [5.74, 6) is 0.722. The monoisotopic (exact) mass is 272 g/mol. The molecule has 0 radical (unpaired) electrons. The number of hydrogen-bond donors (Lipinski definition) is 2. The number of benzene rings is 1. The largest absolute Gasteiger partial charge is 0.507 e. The van der Waals surface area contributed by atoms with Crippen molar-refractivity contribution >= 4 is 11.7 Å². The topological polar surface area (TPSA) is 78.3 Å². The maximum atomic E-state index is 11.8. The van der Waals surface area contributed by atoms with Crippen LogP contribution in [-0.4, -0.2) is 42.1 Å². The van der Waals surface area contributed by atoms with E-state index in [9.17, 15) is 9.90 Å². The molecule has 1 amide bonds. The van der Waals surface area contributed by atoms with Crippen molar-refractivity contribution in [1.29, 1.82) is 0 Å². The van der Waals surface area contributed by atoms with E-state index in [0.29, 0.717) is 22.8 Å². The molecular weight excluding hydrogens is 256 g/mol. The first-order valence-corrected chi connectivity index (χ1v) is 6.09. The fourth-order valence-electron chi connectivity index (χ4n) is 1.80. The van der Waals surface area contributed by atoms with Gasteiger partial charge < -0.3 is 15.3 Å². The van der Waals surface area contributed by atoms with Crippen molar-refractivity contribution in [2.75, 3.05) is 26.0 Å². The molecule has 1 heterocycles. The molecule has 20 heavy (non-hydrogen) atoms. The summed E-state index contributed by atoms with van der Waals surface area (Å²) in [6.07, 6.45) is 1.46. The molecule has 1 aromatic carbocycles. The third-order valence-corrected chi connectivity index (χ3v) is 2.81. The third kappa shape index (κ3) is 2.54. The highest BCUT2D eigenvalue weighted by Gasteiger charge is 2.16. The van der Waals surface area contributed by atoms with Crippen molar-refractivity contribution in [3.05, 3.63) is 36.0 Å². The molecule has 104 valence electrons. The molecular formula is C14H16N4O2. The summed E-state index contributed by atoms with van der Waals surface area (Å²) in [6.45, 7) is 0. The lowest BCUT2D eigenvalue weighted by Gasteiger charge is -2.16. The predicted molar refractivity (Wildman–Crippen MR) is 76.9 cm³/mol. The van der Waals surface area contributed by atoms with Gasteiger partial charge in [-0.15, -0.1) is 0 Å². The van der Waals surface area contributed by atoms with Crippen molar-refractivity contribution in [3.63, 3.8) is 0 Å². The Morgan fingerprint density at radius 1 is 1.30 bits per heavy atom. The van der Waals surface area contributed by atoms with Gasteiger partial charge in [0.2, 0.25) is 0 Å². The highest BCUT2D eigenvalue weighted by molar-refractivity contribution is 5.98. The molecule has 0 aliphatic rings. The Kier molecular flexibility index (Phi) is 3.84. The van der Waals surface area contributed by atoms with Gasteiger partial charge >= 0.3 is 0 Å². The van der Waals surface area contributed by atoms with E-state index in [-0.39, 0.29) is 11.7 Å². The van der Waals surface area contributed by atoms with E-state index < -0.39 is 0 Å². The van der Waals surface area contributed by atoms with Crippen LogP contribution in [-0.2, 0) is 0 Å². The number of nitrogens with zero attached hydrogens (tertiary/aromatic N) is 3. The molecule has 0 unspecified atom stereocenters. The SMILES string of the molecule is CNC(=O)c1cnc(-c2ccccc2O)nc1N(C)C. The number of para-hydroxylation sites is 1. The summed E-state index contributed by atoms with van der Waals surface area (Å²) in [5, 5.41) is 12.4. The van der Waals surface area contributed by atoms with Crippen molar-refractivity contribution in [2.45, 2.75) is 0 Å². The molecule has 2 N–H and O–H groups in total. The van der Waals surface area contributed by atoms with Crippen LogP contribution < -0.4 is 10.2 Å². The van der Waals surface area contributed by atoms with Gasteiger partial charge in [0.1, 0.15) is 17.1 Å². The van der Waals surface area contributed by atoms with Crippen molar-refractivity contribution in [1.82, 2.24) is 15.3 Å². The van der Waals surface area contributed by atoms with Crippen LogP contribution in [0.25, 0.3) is 11.4 Å². The predicted octanol–water partition coefficient (Wildman–Crippen LogP) is 1.27. The van der Waals surface area contributed by atoms with Gasteiger partial charge in [-0.2, -0.15) is 0 Å². The van der Waals surface area contributed by atoms with E-state index in [2.05, 4.69) is 15.3 Å². The van der Waals surface area contributed by atoms with Crippen LogP contribution in [0.3, 0.4) is 0 Å². The maximum Gasteiger partial charge on any atom is 0.256 e. The minimum Gasteiger partial charge on any atom is -0.507 e. The van der Waals surface area contributed by atoms with Crippen molar-refractivity contribution in [3.8, 4) is 17.1 Å². The highest BCUT2D eigenvalue weighted by Crippen LogP contribution is 2.27. The van der Waals surface area contributed by atoms with E-state index in [0.717, 1.165) is 0 Å². The van der Waals surface area contributed by atoms with Crippen LogP contribution in [0.4, 0.5) is 5.82 Å². The standard InChI is InChI=1S/C14H16N4O2/c1-15-14(20)10-8-16-12(17-13(10)18(2)3)9-6-4-5-7-11(9)19/h4-8,19H,1-3H3,(H,15,20). The fraction of sp³-hybridized carbons (Fsp3) is 0.214. The zero-order valence-corrected chi connectivity index (χ0v) is 11.6. The van der Waals surface area contributed by atoms with Gasteiger partial charge in [0.05, 0.1) is 5.56 Å². The Morgan fingerprint density at radius 3 is 2.60 bits per heavy atom. The molecule has 0 aliphatic carbocycles. The Balaban J connectivity index is 2.56. The first-order valence-electron chi connectivity index (χ1n) is 6.09. The minimum atomic E-state index is -0.252. The Hall–Kier alpha value is -2.63. The first kappa shape index (κ1) is 13.8. The number of hydrogen-bond acceptors (Lipinski definition) is 5. The number of aromatic nitrogens is 2. The summed E-state index contributed by atoms with van der Waals surface area (Å²) < 4.78 is 0. The zero-order chi connectivity index (χ0) is 14.7. The van der Waals surface area contributed by atoms with E-state index in [1.54, 1.807) is 50.3 Å². The van der Waals surface area contributed by atoms with Crippen LogP contribution in [0.2, 0.25) is 0 Å². The van der Waals surface area contributed by atoms with Crippen LogP contribution in [0.15, 0.2) is 30.5 Å². The average Bonchev–Trinajstić information content (AvgIpc) is 2.46. The molecule has 6 nitrogen and oxygen atoms in total. The lowest BCUT2D eigenvalue weighted by atomic mass is 10.2. The number of anilines is 1. The normalized spacial score (nSPS) is 10.2. The molecule has 0 atom stereocenters. The summed E-state index contributed by atoms with van der Waals surface area (Å²) in [6, 6.07) is 6.81. The third-order valence-electron chi connectivity index (χ3n) is 2.81. The smallest absolute Gasteiger partial charge is 0.256 e. The minimum absolute atomic E-state index is 0.102. The fourth-order valence-corrected chi connectivity index (χ4v) is 1.80. The van der Waals surface area contributed by atoms with E-state index in [4.69, 9.17) is 0 Å². The number of carbonyl (C=O) groups is 1. The van der Waals surface area contributed by atoms with E-state index in [1.807, 2.05) is 0 Å². The molecule has 0 saturated carbocycles. The Labute approximate surface area is 117 Å². The second kappa shape index (κ2) is 5.56. The zero-order valence-electron chi connectivity index (χ0n) is 11.6. The van der Waals surface area contributed by atoms with Gasteiger partial charge in [0.25, 0.3) is 5.91 Å². The van der Waals surface area contributed by atoms with Gasteiger partial charge in [0, 0.05) is 27.3 Å².